The van der Waals surface area contributed by atoms with Crippen LogP contribution in [0.4, 0.5) is 5.69 Å². The Morgan fingerprint density at radius 3 is 2.94 bits per heavy atom. The van der Waals surface area contributed by atoms with E-state index in [2.05, 4.69) is 40.3 Å². The van der Waals surface area contributed by atoms with E-state index in [1.165, 1.54) is 5.56 Å². The molecule has 18 heavy (non-hydrogen) atoms. The number of carbonyl (C=O) groups excluding carboxylic acids is 1. The summed E-state index contributed by atoms with van der Waals surface area (Å²) in [6, 6.07) is 6.19. The smallest absolute Gasteiger partial charge is 0.230 e. The monoisotopic (exact) mass is 308 g/mol. The lowest BCUT2D eigenvalue weighted by Gasteiger charge is -2.34. The average Bonchev–Trinajstić information content (AvgIpc) is 2.68. The minimum atomic E-state index is 0.126. The first-order chi connectivity index (χ1) is 8.66. The molecule has 1 fully saturated rings. The lowest BCUT2D eigenvalue weighted by atomic mass is 9.88. The van der Waals surface area contributed by atoms with Crippen LogP contribution < -0.4 is 10.2 Å². The molecule has 96 valence electrons. The van der Waals surface area contributed by atoms with Gasteiger partial charge in [-0.15, -0.1) is 0 Å². The minimum absolute atomic E-state index is 0.126. The fourth-order valence-electron chi connectivity index (χ4n) is 2.71. The highest BCUT2D eigenvalue weighted by atomic mass is 79.9. The summed E-state index contributed by atoms with van der Waals surface area (Å²) in [5, 5.41) is 3.24. The molecule has 1 N–H and O–H groups in total. The summed E-state index contributed by atoms with van der Waals surface area (Å²) >= 11 is 3.48. The van der Waals surface area contributed by atoms with Crippen LogP contribution in [0.2, 0.25) is 0 Å². The van der Waals surface area contributed by atoms with Crippen molar-refractivity contribution in [1.82, 2.24) is 5.32 Å². The number of nitrogens with zero attached hydrogens (tertiary/aromatic N) is 1. The second-order valence-corrected chi connectivity index (χ2v) is 6.14. The van der Waals surface area contributed by atoms with Crippen molar-refractivity contribution in [1.29, 1.82) is 0 Å². The fraction of sp³-hybridized carbons (Fsp3) is 0.500. The maximum absolute atomic E-state index is 12.5. The number of nitrogens with one attached hydrogen (secondary N) is 1. The Bertz CT molecular complexity index is 485. The number of anilines is 1. The van der Waals surface area contributed by atoms with Crippen LogP contribution in [0.5, 0.6) is 0 Å². The molecule has 2 aliphatic heterocycles. The zero-order valence-electron chi connectivity index (χ0n) is 10.4. The van der Waals surface area contributed by atoms with E-state index < -0.39 is 0 Å². The summed E-state index contributed by atoms with van der Waals surface area (Å²) in [4.78, 5) is 14.5. The molecule has 1 aromatic carbocycles. The first kappa shape index (κ1) is 12.2. The molecule has 3 nitrogen and oxygen atoms in total. The van der Waals surface area contributed by atoms with Crippen molar-refractivity contribution in [3.63, 3.8) is 0 Å². The highest BCUT2D eigenvalue weighted by molar-refractivity contribution is 9.10. The first-order valence-electron chi connectivity index (χ1n) is 6.47. The maximum atomic E-state index is 12.5. The van der Waals surface area contributed by atoms with Crippen LogP contribution in [-0.2, 0) is 11.2 Å². The summed E-state index contributed by atoms with van der Waals surface area (Å²) in [6.07, 6.45) is 0.968. The van der Waals surface area contributed by atoms with E-state index >= 15 is 0 Å². The molecule has 0 radical (unpaired) electrons. The number of fused-ring (bicyclic) bond motifs is 1. The summed E-state index contributed by atoms with van der Waals surface area (Å²) in [5.74, 6) is 0.917. The molecule has 3 rings (SSSR count). The van der Waals surface area contributed by atoms with Gasteiger partial charge >= 0.3 is 0 Å². The van der Waals surface area contributed by atoms with Crippen molar-refractivity contribution >= 4 is 27.5 Å². The van der Waals surface area contributed by atoms with Crippen LogP contribution in [0.1, 0.15) is 12.5 Å². The first-order valence-corrected chi connectivity index (χ1v) is 7.26. The van der Waals surface area contributed by atoms with Gasteiger partial charge < -0.3 is 10.2 Å². The van der Waals surface area contributed by atoms with Crippen LogP contribution in [0.3, 0.4) is 0 Å². The van der Waals surface area contributed by atoms with Crippen molar-refractivity contribution in [3.8, 4) is 0 Å². The number of carbonyl (C=O) groups is 1. The zero-order valence-corrected chi connectivity index (χ0v) is 12.0. The molecule has 2 heterocycles. The Kier molecular flexibility index (Phi) is 3.16. The van der Waals surface area contributed by atoms with Gasteiger partial charge in [-0.2, -0.15) is 0 Å². The molecule has 0 bridgehead atoms. The Morgan fingerprint density at radius 1 is 1.50 bits per heavy atom. The number of rotatable bonds is 2. The van der Waals surface area contributed by atoms with Gasteiger partial charge in [0.25, 0.3) is 0 Å². The normalized spacial score (nSPS) is 20.4. The van der Waals surface area contributed by atoms with Crippen molar-refractivity contribution in [3.05, 3.63) is 28.2 Å². The van der Waals surface area contributed by atoms with Gasteiger partial charge in [0.1, 0.15) is 0 Å². The van der Waals surface area contributed by atoms with E-state index in [0.29, 0.717) is 5.92 Å². The van der Waals surface area contributed by atoms with E-state index in [9.17, 15) is 4.79 Å². The Balaban J connectivity index is 1.80. The molecule has 1 unspecified atom stereocenters. The van der Waals surface area contributed by atoms with E-state index in [1.807, 2.05) is 11.0 Å². The van der Waals surface area contributed by atoms with Crippen molar-refractivity contribution in [2.45, 2.75) is 13.3 Å². The molecule has 4 heteroatoms. The second kappa shape index (κ2) is 4.67. The molecule has 0 aromatic heterocycles. The highest BCUT2D eigenvalue weighted by Gasteiger charge is 2.34. The second-order valence-electron chi connectivity index (χ2n) is 5.22. The van der Waals surface area contributed by atoms with Crippen LogP contribution >= 0.6 is 15.9 Å². The summed E-state index contributed by atoms with van der Waals surface area (Å²) < 4.78 is 1.09. The van der Waals surface area contributed by atoms with E-state index in [4.69, 9.17) is 0 Å². The van der Waals surface area contributed by atoms with Crippen molar-refractivity contribution < 1.29 is 4.79 Å². The third kappa shape index (κ3) is 1.97. The van der Waals surface area contributed by atoms with Gasteiger partial charge in [-0.25, -0.2) is 0 Å². The van der Waals surface area contributed by atoms with Crippen molar-refractivity contribution in [2.75, 3.05) is 24.5 Å². The molecular weight excluding hydrogens is 292 g/mol. The predicted molar refractivity (Wildman–Crippen MR) is 75.7 cm³/mol. The van der Waals surface area contributed by atoms with Gasteiger partial charge in [0.05, 0.1) is 0 Å². The standard InChI is InChI=1S/C14H17BrN2O/c1-9(11-7-16-8-11)14(18)17-5-4-10-6-12(15)2-3-13(10)17/h2-3,6,9,11,16H,4-5,7-8H2,1H3. The van der Waals surface area contributed by atoms with Gasteiger partial charge in [0.2, 0.25) is 5.91 Å². The van der Waals surface area contributed by atoms with E-state index in [0.717, 1.165) is 36.2 Å². The van der Waals surface area contributed by atoms with Gasteiger partial charge in [-0.3, -0.25) is 4.79 Å². The number of benzene rings is 1. The van der Waals surface area contributed by atoms with Gasteiger partial charge in [-0.05, 0) is 49.2 Å². The van der Waals surface area contributed by atoms with Crippen LogP contribution in [0, 0.1) is 11.8 Å². The van der Waals surface area contributed by atoms with Crippen LogP contribution in [0.25, 0.3) is 0 Å². The molecule has 1 atom stereocenters. The Morgan fingerprint density at radius 2 is 2.28 bits per heavy atom. The molecule has 0 aliphatic carbocycles. The number of hydrogen-bond donors (Lipinski definition) is 1. The molecular formula is C14H17BrN2O. The topological polar surface area (TPSA) is 32.3 Å². The Hall–Kier alpha value is -0.870. The fourth-order valence-corrected chi connectivity index (χ4v) is 3.12. The maximum Gasteiger partial charge on any atom is 0.230 e. The van der Waals surface area contributed by atoms with Crippen LogP contribution in [-0.4, -0.2) is 25.5 Å². The predicted octanol–water partition coefficient (Wildman–Crippen LogP) is 2.19. The minimum Gasteiger partial charge on any atom is -0.316 e. The molecule has 1 amide bonds. The Labute approximate surface area is 116 Å². The van der Waals surface area contributed by atoms with Gasteiger partial charge in [0, 0.05) is 22.6 Å². The number of halogens is 1. The zero-order chi connectivity index (χ0) is 12.7. The summed E-state index contributed by atoms with van der Waals surface area (Å²) in [5.41, 5.74) is 2.37. The van der Waals surface area contributed by atoms with Crippen LogP contribution in [0.15, 0.2) is 22.7 Å². The lowest BCUT2D eigenvalue weighted by Crippen LogP contribution is -2.50. The molecule has 0 saturated carbocycles. The summed E-state index contributed by atoms with van der Waals surface area (Å²) in [7, 11) is 0. The number of hydrogen-bond acceptors (Lipinski definition) is 2. The quantitative estimate of drug-likeness (QED) is 0.908. The lowest BCUT2D eigenvalue weighted by molar-refractivity contribution is -0.123. The highest BCUT2D eigenvalue weighted by Crippen LogP contribution is 2.32. The van der Waals surface area contributed by atoms with E-state index in [-0.39, 0.29) is 11.8 Å². The SMILES string of the molecule is CC(C(=O)N1CCc2cc(Br)ccc21)C1CNC1. The average molecular weight is 309 g/mol. The largest absolute Gasteiger partial charge is 0.316 e. The van der Waals surface area contributed by atoms with Gasteiger partial charge in [0.15, 0.2) is 0 Å². The third-order valence-corrected chi connectivity index (χ3v) is 4.61. The number of amides is 1. The van der Waals surface area contributed by atoms with E-state index in [1.54, 1.807) is 0 Å². The molecule has 0 spiro atoms. The molecule has 1 saturated heterocycles. The third-order valence-electron chi connectivity index (χ3n) is 4.11. The van der Waals surface area contributed by atoms with Gasteiger partial charge in [-0.1, -0.05) is 22.9 Å². The van der Waals surface area contributed by atoms with Crippen molar-refractivity contribution in [2.24, 2.45) is 11.8 Å². The summed E-state index contributed by atoms with van der Waals surface area (Å²) in [6.45, 7) is 4.85. The molecule has 2 aliphatic rings. The molecule has 1 aromatic rings.